The van der Waals surface area contributed by atoms with Crippen LogP contribution in [0, 0.1) is 6.92 Å². The lowest BCUT2D eigenvalue weighted by molar-refractivity contribution is -0.122. The van der Waals surface area contributed by atoms with Gasteiger partial charge in [-0.25, -0.2) is 4.98 Å². The Morgan fingerprint density at radius 1 is 1.13 bits per heavy atom. The van der Waals surface area contributed by atoms with Crippen LogP contribution < -0.4 is 15.6 Å². The Balaban J connectivity index is 1.40. The Kier molecular flexibility index (Phi) is 7.40. The van der Waals surface area contributed by atoms with Crippen LogP contribution in [0.25, 0.3) is 0 Å². The van der Waals surface area contributed by atoms with Gasteiger partial charge in [0.05, 0.1) is 0 Å². The third kappa shape index (κ3) is 6.31. The third-order valence-electron chi connectivity index (χ3n) is 4.32. The molecule has 0 fully saturated rings. The number of aromatic nitrogens is 3. The number of hydrogen-bond acceptors (Lipinski definition) is 5. The van der Waals surface area contributed by atoms with Gasteiger partial charge in [0, 0.05) is 23.6 Å². The minimum absolute atomic E-state index is 0.264. The van der Waals surface area contributed by atoms with Gasteiger partial charge in [-0.3, -0.25) is 25.1 Å². The van der Waals surface area contributed by atoms with E-state index in [2.05, 4.69) is 20.9 Å². The molecule has 0 atom stereocenters. The van der Waals surface area contributed by atoms with E-state index in [1.165, 1.54) is 6.33 Å². The zero-order valence-electron chi connectivity index (χ0n) is 16.5. The van der Waals surface area contributed by atoms with Crippen molar-refractivity contribution in [1.82, 2.24) is 25.6 Å². The van der Waals surface area contributed by atoms with Crippen LogP contribution in [0.5, 0.6) is 5.75 Å². The van der Waals surface area contributed by atoms with E-state index in [0.29, 0.717) is 30.2 Å². The maximum atomic E-state index is 12.2. The van der Waals surface area contributed by atoms with Crippen molar-refractivity contribution in [3.05, 3.63) is 76.8 Å². The van der Waals surface area contributed by atoms with E-state index in [4.69, 9.17) is 16.3 Å². The Hall–Kier alpha value is -3.39. The van der Waals surface area contributed by atoms with E-state index in [-0.39, 0.29) is 18.2 Å². The smallest absolute Gasteiger partial charge is 0.269 e. The Bertz CT molecular complexity index is 990. The number of aryl methyl sites for hydroxylation is 2. The number of rotatable bonds is 8. The van der Waals surface area contributed by atoms with Gasteiger partial charge in [0.2, 0.25) is 5.91 Å². The van der Waals surface area contributed by atoms with E-state index in [1.807, 2.05) is 19.1 Å². The highest BCUT2D eigenvalue weighted by atomic mass is 35.5. The fraction of sp³-hybridized carbons (Fsp3) is 0.238. The summed E-state index contributed by atoms with van der Waals surface area (Å²) < 4.78 is 7.39. The molecule has 0 saturated carbocycles. The number of benzene rings is 2. The first-order valence-electron chi connectivity index (χ1n) is 9.41. The molecule has 0 radical (unpaired) electrons. The average Bonchev–Trinajstić information content (AvgIpc) is 3.27. The fourth-order valence-corrected chi connectivity index (χ4v) is 2.75. The number of amides is 2. The maximum Gasteiger partial charge on any atom is 0.269 e. The molecule has 0 spiro atoms. The highest BCUT2D eigenvalue weighted by Gasteiger charge is 2.08. The fourth-order valence-electron chi connectivity index (χ4n) is 2.64. The molecule has 0 aliphatic rings. The zero-order chi connectivity index (χ0) is 21.3. The summed E-state index contributed by atoms with van der Waals surface area (Å²) >= 11 is 6.01. The molecule has 2 aromatic carbocycles. The first-order valence-corrected chi connectivity index (χ1v) is 9.78. The largest absolute Gasteiger partial charge is 0.489 e. The summed E-state index contributed by atoms with van der Waals surface area (Å²) in [7, 11) is 0. The van der Waals surface area contributed by atoms with Gasteiger partial charge in [0.1, 0.15) is 25.0 Å². The summed E-state index contributed by atoms with van der Waals surface area (Å²) in [4.78, 5) is 27.8. The van der Waals surface area contributed by atoms with E-state index >= 15 is 0 Å². The topological polar surface area (TPSA) is 98.1 Å². The number of nitrogens with zero attached hydrogens (tertiary/aromatic N) is 3. The molecule has 1 heterocycles. The van der Waals surface area contributed by atoms with Crippen molar-refractivity contribution in [3.63, 3.8) is 0 Å². The van der Waals surface area contributed by atoms with Crippen LogP contribution in [0.15, 0.2) is 55.1 Å². The summed E-state index contributed by atoms with van der Waals surface area (Å²) in [5.74, 6) is 0.0671. The van der Waals surface area contributed by atoms with Crippen molar-refractivity contribution >= 4 is 23.4 Å². The van der Waals surface area contributed by atoms with E-state index in [9.17, 15) is 9.59 Å². The van der Waals surface area contributed by atoms with Gasteiger partial charge in [0.25, 0.3) is 5.91 Å². The van der Waals surface area contributed by atoms with Crippen molar-refractivity contribution in [2.75, 3.05) is 0 Å². The highest BCUT2D eigenvalue weighted by Crippen LogP contribution is 2.21. The number of carbonyl (C=O) groups excluding carboxylic acids is 2. The predicted molar refractivity (Wildman–Crippen MR) is 112 cm³/mol. The number of hydrazine groups is 1. The van der Waals surface area contributed by atoms with Crippen LogP contribution in [-0.2, 0) is 17.9 Å². The molecule has 3 rings (SSSR count). The molecule has 156 valence electrons. The van der Waals surface area contributed by atoms with Gasteiger partial charge in [-0.1, -0.05) is 23.7 Å². The quantitative estimate of drug-likeness (QED) is 0.538. The van der Waals surface area contributed by atoms with Crippen molar-refractivity contribution in [2.45, 2.75) is 32.9 Å². The van der Waals surface area contributed by atoms with Gasteiger partial charge in [0.15, 0.2) is 0 Å². The zero-order valence-corrected chi connectivity index (χ0v) is 17.2. The van der Waals surface area contributed by atoms with Gasteiger partial charge >= 0.3 is 0 Å². The van der Waals surface area contributed by atoms with Gasteiger partial charge in [-0.15, -0.1) is 0 Å². The van der Waals surface area contributed by atoms with Crippen LogP contribution >= 0.6 is 11.6 Å². The molecule has 8 nitrogen and oxygen atoms in total. The third-order valence-corrected chi connectivity index (χ3v) is 4.75. The first kappa shape index (κ1) is 21.3. The molecule has 0 aliphatic heterocycles. The molecule has 3 aromatic rings. The van der Waals surface area contributed by atoms with Gasteiger partial charge in [-0.05, 0) is 54.8 Å². The predicted octanol–water partition coefficient (Wildman–Crippen LogP) is 3.06. The second-order valence-electron chi connectivity index (χ2n) is 6.66. The lowest BCUT2D eigenvalue weighted by Gasteiger charge is -2.09. The monoisotopic (exact) mass is 427 g/mol. The SMILES string of the molecule is Cc1cc(OCc2ccc(C(=O)NNC(=O)CCCn3cncn3)cc2)ccc1Cl. The van der Waals surface area contributed by atoms with Crippen LogP contribution in [0.2, 0.25) is 5.02 Å². The van der Waals surface area contributed by atoms with Crippen molar-refractivity contribution in [2.24, 2.45) is 0 Å². The molecular formula is C21H22ClN5O3. The van der Waals surface area contributed by atoms with Crippen molar-refractivity contribution < 1.29 is 14.3 Å². The maximum absolute atomic E-state index is 12.2. The number of halogens is 1. The number of hydrogen-bond donors (Lipinski definition) is 2. The summed E-state index contributed by atoms with van der Waals surface area (Å²) in [6, 6.07) is 12.4. The standard InChI is InChI=1S/C21H22ClN5O3/c1-15-11-18(8-9-19(15)22)30-12-16-4-6-17(7-5-16)21(29)26-25-20(28)3-2-10-27-14-23-13-24-27/h4-9,11,13-14H,2-3,10,12H2,1H3,(H,25,28)(H,26,29). The highest BCUT2D eigenvalue weighted by molar-refractivity contribution is 6.31. The van der Waals surface area contributed by atoms with E-state index in [0.717, 1.165) is 16.9 Å². The summed E-state index contributed by atoms with van der Waals surface area (Å²) in [6.07, 6.45) is 3.88. The molecule has 2 N–H and O–H groups in total. The number of ether oxygens (including phenoxy) is 1. The van der Waals surface area contributed by atoms with Crippen molar-refractivity contribution in [1.29, 1.82) is 0 Å². The molecule has 0 saturated heterocycles. The van der Waals surface area contributed by atoms with Crippen molar-refractivity contribution in [3.8, 4) is 5.75 Å². The lowest BCUT2D eigenvalue weighted by Crippen LogP contribution is -2.41. The molecule has 9 heteroatoms. The number of carbonyl (C=O) groups is 2. The lowest BCUT2D eigenvalue weighted by atomic mass is 10.1. The second-order valence-corrected chi connectivity index (χ2v) is 7.07. The summed E-state index contributed by atoms with van der Waals surface area (Å²) in [6.45, 7) is 2.87. The molecule has 30 heavy (non-hydrogen) atoms. The van der Waals surface area contributed by atoms with Crippen LogP contribution in [0.3, 0.4) is 0 Å². The van der Waals surface area contributed by atoms with Gasteiger partial charge in [-0.2, -0.15) is 5.10 Å². The van der Waals surface area contributed by atoms with Crippen LogP contribution in [0.4, 0.5) is 0 Å². The molecule has 0 aliphatic carbocycles. The minimum Gasteiger partial charge on any atom is -0.489 e. The summed E-state index contributed by atoms with van der Waals surface area (Å²) in [5.41, 5.74) is 7.12. The van der Waals surface area contributed by atoms with E-state index in [1.54, 1.807) is 41.3 Å². The molecule has 0 bridgehead atoms. The van der Waals surface area contributed by atoms with Crippen LogP contribution in [0.1, 0.15) is 34.3 Å². The van der Waals surface area contributed by atoms with E-state index < -0.39 is 0 Å². The molecular weight excluding hydrogens is 406 g/mol. The Morgan fingerprint density at radius 2 is 1.93 bits per heavy atom. The second kappa shape index (κ2) is 10.4. The van der Waals surface area contributed by atoms with Gasteiger partial charge < -0.3 is 4.74 Å². The summed E-state index contributed by atoms with van der Waals surface area (Å²) in [5, 5.41) is 4.66. The average molecular weight is 428 g/mol. The molecule has 2 amide bonds. The number of nitrogens with one attached hydrogen (secondary N) is 2. The Labute approximate surface area is 179 Å². The molecule has 1 aromatic heterocycles. The Morgan fingerprint density at radius 3 is 2.63 bits per heavy atom. The first-order chi connectivity index (χ1) is 14.5. The minimum atomic E-state index is -0.388. The molecule has 0 unspecified atom stereocenters. The van der Waals surface area contributed by atoms with Crippen LogP contribution in [-0.4, -0.2) is 26.6 Å². The normalized spacial score (nSPS) is 10.5.